The molecule has 2 aromatic rings. The second kappa shape index (κ2) is 4.76. The van der Waals surface area contributed by atoms with Gasteiger partial charge in [0.15, 0.2) is 6.20 Å². The molecule has 0 spiro atoms. The summed E-state index contributed by atoms with van der Waals surface area (Å²) in [7, 11) is 1.95. The van der Waals surface area contributed by atoms with Gasteiger partial charge in [-0.3, -0.25) is 0 Å². The molecule has 1 heterocycles. The monoisotopic (exact) mass is 258 g/mol. The fourth-order valence-corrected chi connectivity index (χ4v) is 2.24. The largest absolute Gasteiger partial charge is 0.215 e. The molecule has 0 fully saturated rings. The van der Waals surface area contributed by atoms with Crippen molar-refractivity contribution in [2.45, 2.75) is 33.1 Å². The Bertz CT molecular complexity index is 589. The van der Waals surface area contributed by atoms with Gasteiger partial charge in [-0.2, -0.15) is 0 Å². The Morgan fingerprint density at radius 2 is 1.79 bits per heavy atom. The van der Waals surface area contributed by atoms with E-state index in [-0.39, 0.29) is 11.2 Å². The first-order chi connectivity index (χ1) is 8.80. The van der Waals surface area contributed by atoms with Crippen LogP contribution in [0.1, 0.15) is 31.9 Å². The highest BCUT2D eigenvalue weighted by Gasteiger charge is 2.21. The van der Waals surface area contributed by atoms with Gasteiger partial charge >= 0.3 is 0 Å². The number of halogens is 1. The fourth-order valence-electron chi connectivity index (χ4n) is 2.24. The SMILES string of the molecule is Cc1cccc(F)c1-c1cc(C(C)(C)C)cc[n+]1C. The molecule has 0 unspecified atom stereocenters. The van der Waals surface area contributed by atoms with Crippen molar-refractivity contribution in [2.75, 3.05) is 0 Å². The van der Waals surface area contributed by atoms with E-state index in [1.807, 2.05) is 30.8 Å². The number of pyridine rings is 1. The summed E-state index contributed by atoms with van der Waals surface area (Å²) in [6.07, 6.45) is 2.00. The van der Waals surface area contributed by atoms with Gasteiger partial charge in [0.05, 0.1) is 5.56 Å². The predicted molar refractivity (Wildman–Crippen MR) is 76.4 cm³/mol. The Morgan fingerprint density at radius 1 is 1.11 bits per heavy atom. The van der Waals surface area contributed by atoms with E-state index in [0.29, 0.717) is 5.56 Å². The van der Waals surface area contributed by atoms with Crippen molar-refractivity contribution in [3.05, 3.63) is 53.5 Å². The third-order valence-corrected chi connectivity index (χ3v) is 3.49. The molecule has 0 saturated heterocycles. The first-order valence-corrected chi connectivity index (χ1v) is 6.56. The lowest BCUT2D eigenvalue weighted by molar-refractivity contribution is -0.660. The average Bonchev–Trinajstić information content (AvgIpc) is 2.29. The first-order valence-electron chi connectivity index (χ1n) is 6.56. The van der Waals surface area contributed by atoms with Crippen molar-refractivity contribution in [1.29, 1.82) is 0 Å². The Hall–Kier alpha value is -1.70. The number of hydrogen-bond acceptors (Lipinski definition) is 0. The number of aromatic nitrogens is 1. The van der Waals surface area contributed by atoms with Gasteiger partial charge in [-0.1, -0.05) is 32.9 Å². The molecular weight excluding hydrogens is 237 g/mol. The van der Waals surface area contributed by atoms with Crippen LogP contribution in [-0.4, -0.2) is 0 Å². The maximum Gasteiger partial charge on any atom is 0.215 e. The number of nitrogens with zero attached hydrogens (tertiary/aromatic N) is 1. The van der Waals surface area contributed by atoms with Gasteiger partial charge in [0, 0.05) is 12.1 Å². The van der Waals surface area contributed by atoms with E-state index in [2.05, 4.69) is 32.9 Å². The quantitative estimate of drug-likeness (QED) is 0.682. The van der Waals surface area contributed by atoms with Crippen LogP contribution >= 0.6 is 0 Å². The number of rotatable bonds is 1. The predicted octanol–water partition coefficient (Wildman–Crippen LogP) is 3.92. The molecule has 1 aromatic heterocycles. The van der Waals surface area contributed by atoms with Crippen LogP contribution in [0.3, 0.4) is 0 Å². The van der Waals surface area contributed by atoms with Crippen molar-refractivity contribution in [3.63, 3.8) is 0 Å². The average molecular weight is 258 g/mol. The van der Waals surface area contributed by atoms with Crippen LogP contribution in [0.25, 0.3) is 11.3 Å². The molecule has 0 aliphatic carbocycles. The molecule has 0 N–H and O–H groups in total. The van der Waals surface area contributed by atoms with Crippen molar-refractivity contribution < 1.29 is 8.96 Å². The molecule has 1 nitrogen and oxygen atoms in total. The minimum Gasteiger partial charge on any atom is -0.206 e. The van der Waals surface area contributed by atoms with Crippen molar-refractivity contribution in [3.8, 4) is 11.3 Å². The van der Waals surface area contributed by atoms with E-state index >= 15 is 0 Å². The lowest BCUT2D eigenvalue weighted by Gasteiger charge is -2.19. The number of hydrogen-bond donors (Lipinski definition) is 0. The molecule has 0 saturated carbocycles. The standard InChI is InChI=1S/C17H21FN/c1-12-7-6-8-14(18)16(12)15-11-13(17(2,3)4)9-10-19(15)5/h6-11H,1-5H3/q+1. The van der Waals surface area contributed by atoms with Crippen LogP contribution in [0.5, 0.6) is 0 Å². The van der Waals surface area contributed by atoms with E-state index in [1.165, 1.54) is 11.6 Å². The van der Waals surface area contributed by atoms with Gasteiger partial charge in [-0.25, -0.2) is 8.96 Å². The second-order valence-corrected chi connectivity index (χ2v) is 6.09. The minimum absolute atomic E-state index is 0.0577. The second-order valence-electron chi connectivity index (χ2n) is 6.09. The van der Waals surface area contributed by atoms with E-state index in [9.17, 15) is 4.39 Å². The van der Waals surface area contributed by atoms with Crippen molar-refractivity contribution in [1.82, 2.24) is 0 Å². The van der Waals surface area contributed by atoms with Crippen molar-refractivity contribution >= 4 is 0 Å². The number of aryl methyl sites for hydroxylation is 2. The first kappa shape index (κ1) is 13.7. The third kappa shape index (κ3) is 2.67. The molecule has 0 aliphatic heterocycles. The highest BCUT2D eigenvalue weighted by Crippen LogP contribution is 2.28. The minimum atomic E-state index is -0.165. The molecule has 19 heavy (non-hydrogen) atoms. The van der Waals surface area contributed by atoms with Gasteiger partial charge in [0.2, 0.25) is 5.69 Å². The normalized spacial score (nSPS) is 11.7. The summed E-state index contributed by atoms with van der Waals surface area (Å²) in [5.41, 5.74) is 3.84. The lowest BCUT2D eigenvalue weighted by Crippen LogP contribution is -2.32. The van der Waals surface area contributed by atoms with Crippen LogP contribution in [0.15, 0.2) is 36.5 Å². The molecule has 2 rings (SSSR count). The zero-order valence-corrected chi connectivity index (χ0v) is 12.3. The smallest absolute Gasteiger partial charge is 0.206 e. The van der Waals surface area contributed by atoms with E-state index in [4.69, 9.17) is 0 Å². The van der Waals surface area contributed by atoms with Crippen LogP contribution < -0.4 is 4.57 Å². The van der Waals surface area contributed by atoms with E-state index in [1.54, 1.807) is 6.07 Å². The lowest BCUT2D eigenvalue weighted by atomic mass is 9.86. The van der Waals surface area contributed by atoms with Gasteiger partial charge in [0.1, 0.15) is 12.9 Å². The zero-order valence-electron chi connectivity index (χ0n) is 12.3. The van der Waals surface area contributed by atoms with Gasteiger partial charge in [-0.15, -0.1) is 0 Å². The van der Waals surface area contributed by atoms with Gasteiger partial charge < -0.3 is 0 Å². The maximum atomic E-state index is 14.1. The van der Waals surface area contributed by atoms with Crippen LogP contribution in [0.4, 0.5) is 4.39 Å². The Kier molecular flexibility index (Phi) is 3.44. The molecule has 0 amide bonds. The molecular formula is C17H21FN+. The Balaban J connectivity index is 2.69. The van der Waals surface area contributed by atoms with Crippen LogP contribution in [0, 0.1) is 12.7 Å². The van der Waals surface area contributed by atoms with Gasteiger partial charge in [-0.05, 0) is 29.5 Å². The summed E-state index contributed by atoms with van der Waals surface area (Å²) in [5, 5.41) is 0. The van der Waals surface area contributed by atoms with Crippen LogP contribution in [-0.2, 0) is 12.5 Å². The Labute approximate surface area is 114 Å². The van der Waals surface area contributed by atoms with Gasteiger partial charge in [0.25, 0.3) is 0 Å². The highest BCUT2D eigenvalue weighted by molar-refractivity contribution is 5.62. The summed E-state index contributed by atoms with van der Waals surface area (Å²) in [6, 6.07) is 9.40. The summed E-state index contributed by atoms with van der Waals surface area (Å²) < 4.78 is 16.1. The zero-order chi connectivity index (χ0) is 14.2. The molecule has 2 heteroatoms. The van der Waals surface area contributed by atoms with Crippen molar-refractivity contribution in [2.24, 2.45) is 7.05 Å². The topological polar surface area (TPSA) is 3.88 Å². The number of benzene rings is 1. The molecule has 0 aliphatic rings. The summed E-state index contributed by atoms with van der Waals surface area (Å²) in [6.45, 7) is 8.45. The summed E-state index contributed by atoms with van der Waals surface area (Å²) >= 11 is 0. The van der Waals surface area contributed by atoms with E-state index < -0.39 is 0 Å². The van der Waals surface area contributed by atoms with Crippen LogP contribution in [0.2, 0.25) is 0 Å². The highest BCUT2D eigenvalue weighted by atomic mass is 19.1. The van der Waals surface area contributed by atoms with E-state index in [0.717, 1.165) is 11.3 Å². The maximum absolute atomic E-state index is 14.1. The fraction of sp³-hybridized carbons (Fsp3) is 0.353. The molecule has 1 aromatic carbocycles. The molecule has 0 bridgehead atoms. The summed E-state index contributed by atoms with van der Waals surface area (Å²) in [4.78, 5) is 0. The Morgan fingerprint density at radius 3 is 2.37 bits per heavy atom. The third-order valence-electron chi connectivity index (χ3n) is 3.49. The molecule has 0 atom stereocenters. The molecule has 100 valence electrons. The molecule has 0 radical (unpaired) electrons. The summed E-state index contributed by atoms with van der Waals surface area (Å²) in [5.74, 6) is -0.165.